The summed E-state index contributed by atoms with van der Waals surface area (Å²) < 4.78 is 1.90. The number of hydrogen-bond donors (Lipinski definition) is 1. The number of hydrogen-bond acceptors (Lipinski definition) is 3. The van der Waals surface area contributed by atoms with E-state index in [2.05, 4.69) is 31.1 Å². The number of pyridine rings is 1. The molecule has 0 spiro atoms. The first kappa shape index (κ1) is 12.6. The highest BCUT2D eigenvalue weighted by molar-refractivity contribution is 5.49. The predicted octanol–water partition coefficient (Wildman–Crippen LogP) is 2.46. The van der Waals surface area contributed by atoms with Crippen molar-refractivity contribution >= 4 is 11.5 Å². The summed E-state index contributed by atoms with van der Waals surface area (Å²) in [5, 5.41) is 3.31. The molecular formula is C14H19N3O. The van der Waals surface area contributed by atoms with Gasteiger partial charge in [0.05, 0.1) is 0 Å². The van der Waals surface area contributed by atoms with Gasteiger partial charge in [-0.1, -0.05) is 20.8 Å². The van der Waals surface area contributed by atoms with E-state index in [1.165, 1.54) is 6.07 Å². The van der Waals surface area contributed by atoms with Crippen LogP contribution < -0.4 is 10.9 Å². The maximum absolute atomic E-state index is 11.6. The van der Waals surface area contributed by atoms with Crippen LogP contribution in [-0.4, -0.2) is 15.9 Å². The van der Waals surface area contributed by atoms with Crippen LogP contribution in [0.25, 0.3) is 5.65 Å². The van der Waals surface area contributed by atoms with Crippen molar-refractivity contribution in [2.45, 2.75) is 27.7 Å². The molecule has 0 radical (unpaired) electrons. The third-order valence-corrected chi connectivity index (χ3v) is 2.63. The first-order valence-corrected chi connectivity index (χ1v) is 6.09. The summed E-state index contributed by atoms with van der Waals surface area (Å²) in [7, 11) is 0. The van der Waals surface area contributed by atoms with Crippen LogP contribution in [0.4, 0.5) is 5.82 Å². The Morgan fingerprint density at radius 3 is 2.72 bits per heavy atom. The van der Waals surface area contributed by atoms with Gasteiger partial charge >= 0.3 is 0 Å². The lowest BCUT2D eigenvalue weighted by Crippen LogP contribution is -2.22. The Kier molecular flexibility index (Phi) is 3.11. The van der Waals surface area contributed by atoms with E-state index in [1.54, 1.807) is 0 Å². The Morgan fingerprint density at radius 1 is 1.33 bits per heavy atom. The molecule has 0 atom stereocenters. The number of anilines is 1. The van der Waals surface area contributed by atoms with Crippen molar-refractivity contribution in [1.29, 1.82) is 0 Å². The van der Waals surface area contributed by atoms with E-state index in [-0.39, 0.29) is 11.0 Å². The van der Waals surface area contributed by atoms with Gasteiger partial charge in [0.15, 0.2) is 0 Å². The highest BCUT2D eigenvalue weighted by atomic mass is 16.1. The second-order valence-corrected chi connectivity index (χ2v) is 5.83. The summed E-state index contributed by atoms with van der Waals surface area (Å²) in [6.45, 7) is 9.23. The van der Waals surface area contributed by atoms with E-state index in [1.807, 2.05) is 29.7 Å². The molecule has 96 valence electrons. The summed E-state index contributed by atoms with van der Waals surface area (Å²) in [4.78, 5) is 15.6. The molecule has 2 heterocycles. The van der Waals surface area contributed by atoms with Crippen molar-refractivity contribution < 1.29 is 0 Å². The second kappa shape index (κ2) is 4.44. The van der Waals surface area contributed by atoms with Crippen molar-refractivity contribution in [3.05, 3.63) is 40.3 Å². The van der Waals surface area contributed by atoms with E-state index in [0.717, 1.165) is 17.9 Å². The Labute approximate surface area is 107 Å². The molecule has 0 saturated heterocycles. The molecule has 2 rings (SSSR count). The van der Waals surface area contributed by atoms with Gasteiger partial charge in [0, 0.05) is 18.8 Å². The molecule has 0 aliphatic carbocycles. The van der Waals surface area contributed by atoms with Crippen LogP contribution in [0.5, 0.6) is 0 Å². The molecule has 4 nitrogen and oxygen atoms in total. The number of rotatable bonds is 2. The largest absolute Gasteiger partial charge is 0.370 e. The molecule has 0 saturated carbocycles. The molecule has 4 heteroatoms. The van der Waals surface area contributed by atoms with Crippen LogP contribution in [-0.2, 0) is 0 Å². The zero-order valence-corrected chi connectivity index (χ0v) is 11.3. The first-order valence-electron chi connectivity index (χ1n) is 6.09. The number of nitrogens with one attached hydrogen (secondary N) is 1. The van der Waals surface area contributed by atoms with Gasteiger partial charge in [-0.05, 0) is 30.0 Å². The van der Waals surface area contributed by atoms with E-state index in [9.17, 15) is 4.79 Å². The summed E-state index contributed by atoms with van der Waals surface area (Å²) in [5.41, 5.74) is 1.72. The minimum absolute atomic E-state index is 0.157. The van der Waals surface area contributed by atoms with Gasteiger partial charge in [0.25, 0.3) is 5.56 Å². The van der Waals surface area contributed by atoms with Gasteiger partial charge in [0.2, 0.25) is 0 Å². The summed E-state index contributed by atoms with van der Waals surface area (Å²) in [5.74, 6) is 0.792. The predicted molar refractivity (Wildman–Crippen MR) is 74.1 cm³/mol. The van der Waals surface area contributed by atoms with Gasteiger partial charge in [-0.3, -0.25) is 9.20 Å². The topological polar surface area (TPSA) is 46.4 Å². The fourth-order valence-corrected chi connectivity index (χ4v) is 1.70. The molecule has 0 aliphatic heterocycles. The van der Waals surface area contributed by atoms with Crippen LogP contribution in [0.1, 0.15) is 26.3 Å². The number of fused-ring (bicyclic) bond motifs is 1. The van der Waals surface area contributed by atoms with Gasteiger partial charge in [-0.15, -0.1) is 0 Å². The van der Waals surface area contributed by atoms with E-state index in [0.29, 0.717) is 5.65 Å². The van der Waals surface area contributed by atoms with Crippen LogP contribution in [0.3, 0.4) is 0 Å². The van der Waals surface area contributed by atoms with Gasteiger partial charge in [0.1, 0.15) is 11.5 Å². The lowest BCUT2D eigenvalue weighted by Gasteiger charge is -2.20. The molecule has 18 heavy (non-hydrogen) atoms. The fraction of sp³-hybridized carbons (Fsp3) is 0.429. The number of aryl methyl sites for hydroxylation is 1. The Bertz CT molecular complexity index is 623. The van der Waals surface area contributed by atoms with Crippen molar-refractivity contribution in [2.24, 2.45) is 5.41 Å². The molecule has 0 fully saturated rings. The minimum Gasteiger partial charge on any atom is -0.370 e. The smallest absolute Gasteiger partial charge is 0.275 e. The normalized spacial score (nSPS) is 11.8. The summed E-state index contributed by atoms with van der Waals surface area (Å²) in [6.07, 6.45) is 1.93. The average molecular weight is 245 g/mol. The zero-order valence-electron chi connectivity index (χ0n) is 11.3. The molecular weight excluding hydrogens is 226 g/mol. The van der Waals surface area contributed by atoms with Crippen molar-refractivity contribution in [3.63, 3.8) is 0 Å². The van der Waals surface area contributed by atoms with Crippen molar-refractivity contribution in [3.8, 4) is 0 Å². The number of nitrogens with zero attached hydrogens (tertiary/aromatic N) is 2. The maximum Gasteiger partial charge on any atom is 0.275 e. The van der Waals surface area contributed by atoms with Crippen LogP contribution in [0, 0.1) is 12.3 Å². The van der Waals surface area contributed by atoms with Crippen LogP contribution in [0.15, 0.2) is 29.2 Å². The van der Waals surface area contributed by atoms with Gasteiger partial charge in [-0.25, -0.2) is 0 Å². The highest BCUT2D eigenvalue weighted by Gasteiger charge is 2.11. The lowest BCUT2D eigenvalue weighted by molar-refractivity contribution is 0.442. The van der Waals surface area contributed by atoms with Gasteiger partial charge < -0.3 is 5.32 Å². The fourth-order valence-electron chi connectivity index (χ4n) is 1.70. The van der Waals surface area contributed by atoms with E-state index < -0.39 is 0 Å². The average Bonchev–Trinajstić information content (AvgIpc) is 2.24. The summed E-state index contributed by atoms with van der Waals surface area (Å²) >= 11 is 0. The molecule has 0 aromatic carbocycles. The summed E-state index contributed by atoms with van der Waals surface area (Å²) in [6, 6.07) is 5.44. The van der Waals surface area contributed by atoms with Crippen LogP contribution >= 0.6 is 0 Å². The third kappa shape index (κ3) is 2.88. The minimum atomic E-state index is -0.211. The molecule has 0 aliphatic rings. The van der Waals surface area contributed by atoms with E-state index in [4.69, 9.17) is 0 Å². The lowest BCUT2D eigenvalue weighted by atomic mass is 9.97. The Morgan fingerprint density at radius 2 is 2.06 bits per heavy atom. The van der Waals surface area contributed by atoms with E-state index >= 15 is 0 Å². The SMILES string of the molecule is Cc1ccn2c(NCC(C)(C)C)cc(=O)nc2c1. The second-order valence-electron chi connectivity index (χ2n) is 5.83. The quantitative estimate of drug-likeness (QED) is 0.884. The molecule has 0 amide bonds. The molecule has 2 aromatic rings. The van der Waals surface area contributed by atoms with Crippen LogP contribution in [0.2, 0.25) is 0 Å². The van der Waals surface area contributed by atoms with Gasteiger partial charge in [-0.2, -0.15) is 4.98 Å². The monoisotopic (exact) mass is 245 g/mol. The number of aromatic nitrogens is 2. The maximum atomic E-state index is 11.6. The molecule has 2 aromatic heterocycles. The zero-order chi connectivity index (χ0) is 13.3. The standard InChI is InChI=1S/C14H19N3O/c1-10-5-6-17-11(15-9-14(2,3)4)8-13(18)16-12(17)7-10/h5-8,15H,9H2,1-4H3. The highest BCUT2D eigenvalue weighted by Crippen LogP contribution is 2.15. The van der Waals surface area contributed by atoms with Crippen molar-refractivity contribution in [1.82, 2.24) is 9.38 Å². The molecule has 0 bridgehead atoms. The molecule has 0 unspecified atom stereocenters. The molecule has 1 N–H and O–H groups in total. The first-order chi connectivity index (χ1) is 8.35. The third-order valence-electron chi connectivity index (χ3n) is 2.63. The van der Waals surface area contributed by atoms with Crippen molar-refractivity contribution in [2.75, 3.05) is 11.9 Å². The Hall–Kier alpha value is -1.84. The Balaban J connectivity index is 2.46.